The maximum absolute atomic E-state index is 12.5. The molecule has 4 rings (SSSR count). The van der Waals surface area contributed by atoms with Gasteiger partial charge in [-0.2, -0.15) is 0 Å². The predicted octanol–water partition coefficient (Wildman–Crippen LogP) is 4.26. The largest absolute Gasteiger partial charge is 0.378 e. The minimum atomic E-state index is -0.284. The van der Waals surface area contributed by atoms with Gasteiger partial charge in [-0.15, -0.1) is 11.3 Å². The Morgan fingerprint density at radius 2 is 2.07 bits per heavy atom. The van der Waals surface area contributed by atoms with Gasteiger partial charge in [0, 0.05) is 30.2 Å². The molecule has 3 heterocycles. The number of aromatic nitrogens is 2. The van der Waals surface area contributed by atoms with E-state index in [4.69, 9.17) is 16.3 Å². The fraction of sp³-hybridized carbons (Fsp3) is 0.250. The minimum Gasteiger partial charge on any atom is -0.378 e. The van der Waals surface area contributed by atoms with Gasteiger partial charge in [0.1, 0.15) is 16.5 Å². The second-order valence-corrected chi connectivity index (χ2v) is 7.75. The van der Waals surface area contributed by atoms with Gasteiger partial charge < -0.3 is 15.0 Å². The Labute approximate surface area is 172 Å². The molecule has 0 unspecified atom stereocenters. The number of aryl methyl sites for hydroxylation is 1. The fourth-order valence-corrected chi connectivity index (χ4v) is 3.88. The van der Waals surface area contributed by atoms with Crippen LogP contribution < -0.4 is 10.2 Å². The van der Waals surface area contributed by atoms with E-state index in [2.05, 4.69) is 20.2 Å². The highest BCUT2D eigenvalue weighted by molar-refractivity contribution is 7.13. The molecule has 1 saturated heterocycles. The van der Waals surface area contributed by atoms with E-state index in [0.717, 1.165) is 48.3 Å². The van der Waals surface area contributed by atoms with Crippen LogP contribution in [0.15, 0.2) is 41.9 Å². The first-order chi connectivity index (χ1) is 13.6. The van der Waals surface area contributed by atoms with Crippen LogP contribution in [0.5, 0.6) is 0 Å². The SMILES string of the molecule is Cc1ccc(Cl)c(NC(=O)c2csc(-c3ccc(N4CCOCC4)nc3)n2)c1. The van der Waals surface area contributed by atoms with Gasteiger partial charge in [0.05, 0.1) is 23.9 Å². The number of rotatable bonds is 4. The average Bonchev–Trinajstić information content (AvgIpc) is 3.22. The van der Waals surface area contributed by atoms with Crippen molar-refractivity contribution in [3.8, 4) is 10.6 Å². The summed E-state index contributed by atoms with van der Waals surface area (Å²) >= 11 is 7.57. The number of pyridine rings is 1. The molecule has 0 saturated carbocycles. The summed E-state index contributed by atoms with van der Waals surface area (Å²) < 4.78 is 5.37. The molecule has 1 aromatic carbocycles. The molecule has 0 bridgehead atoms. The summed E-state index contributed by atoms with van der Waals surface area (Å²) in [7, 11) is 0. The van der Waals surface area contributed by atoms with Crippen molar-refractivity contribution < 1.29 is 9.53 Å². The number of hydrogen-bond acceptors (Lipinski definition) is 6. The summed E-state index contributed by atoms with van der Waals surface area (Å²) in [5.41, 5.74) is 2.84. The summed E-state index contributed by atoms with van der Waals surface area (Å²) in [6.45, 7) is 5.07. The van der Waals surface area contributed by atoms with Crippen LogP contribution in [0.2, 0.25) is 5.02 Å². The van der Waals surface area contributed by atoms with Crippen LogP contribution in [-0.4, -0.2) is 42.2 Å². The van der Waals surface area contributed by atoms with Gasteiger partial charge in [0.15, 0.2) is 0 Å². The molecular weight excluding hydrogens is 396 g/mol. The number of benzene rings is 1. The molecule has 0 radical (unpaired) electrons. The minimum absolute atomic E-state index is 0.284. The number of carbonyl (C=O) groups is 1. The standard InChI is InChI=1S/C20H19ClN4O2S/c1-13-2-4-15(21)16(10-13)23-19(26)17-12-28-20(24-17)14-3-5-18(22-11-14)25-6-8-27-9-7-25/h2-5,10-12H,6-9H2,1H3,(H,23,26). The quantitative estimate of drug-likeness (QED) is 0.691. The number of carbonyl (C=O) groups excluding carboxylic acids is 1. The normalized spacial score (nSPS) is 14.1. The maximum Gasteiger partial charge on any atom is 0.275 e. The lowest BCUT2D eigenvalue weighted by molar-refractivity contribution is 0.102. The molecule has 1 aliphatic heterocycles. The van der Waals surface area contributed by atoms with Crippen LogP contribution in [0.25, 0.3) is 10.6 Å². The number of nitrogens with zero attached hydrogens (tertiary/aromatic N) is 3. The first-order valence-corrected chi connectivity index (χ1v) is 10.2. The fourth-order valence-electron chi connectivity index (χ4n) is 2.92. The monoisotopic (exact) mass is 414 g/mol. The van der Waals surface area contributed by atoms with Crippen LogP contribution in [0.3, 0.4) is 0 Å². The van der Waals surface area contributed by atoms with E-state index in [1.165, 1.54) is 11.3 Å². The Hall–Kier alpha value is -2.48. The lowest BCUT2D eigenvalue weighted by Crippen LogP contribution is -2.36. The number of nitrogens with one attached hydrogen (secondary N) is 1. The molecule has 1 amide bonds. The molecule has 1 aliphatic rings. The Morgan fingerprint density at radius 3 is 2.82 bits per heavy atom. The van der Waals surface area contributed by atoms with Crippen molar-refractivity contribution in [1.29, 1.82) is 0 Å². The second-order valence-electron chi connectivity index (χ2n) is 6.48. The predicted molar refractivity (Wildman–Crippen MR) is 113 cm³/mol. The zero-order valence-corrected chi connectivity index (χ0v) is 16.9. The second kappa shape index (κ2) is 8.26. The van der Waals surface area contributed by atoms with Crippen LogP contribution in [-0.2, 0) is 4.74 Å². The number of hydrogen-bond donors (Lipinski definition) is 1. The maximum atomic E-state index is 12.5. The molecule has 8 heteroatoms. The molecule has 1 fully saturated rings. The number of morpholine rings is 1. The molecule has 0 atom stereocenters. The molecule has 144 valence electrons. The molecule has 2 aromatic heterocycles. The smallest absolute Gasteiger partial charge is 0.275 e. The van der Waals surface area contributed by atoms with Crippen molar-refractivity contribution in [2.45, 2.75) is 6.92 Å². The molecule has 0 spiro atoms. The topological polar surface area (TPSA) is 67.4 Å². The van der Waals surface area contributed by atoms with Gasteiger partial charge in [-0.05, 0) is 36.8 Å². The Kier molecular flexibility index (Phi) is 5.57. The molecule has 6 nitrogen and oxygen atoms in total. The van der Waals surface area contributed by atoms with Crippen molar-refractivity contribution >= 4 is 40.4 Å². The van der Waals surface area contributed by atoms with Gasteiger partial charge in [0.25, 0.3) is 5.91 Å². The lowest BCUT2D eigenvalue weighted by Gasteiger charge is -2.27. The van der Waals surface area contributed by atoms with Crippen LogP contribution >= 0.6 is 22.9 Å². The van der Waals surface area contributed by atoms with Crippen molar-refractivity contribution in [1.82, 2.24) is 9.97 Å². The van der Waals surface area contributed by atoms with Crippen LogP contribution in [0.4, 0.5) is 11.5 Å². The number of amides is 1. The Bertz CT molecular complexity index is 984. The molecule has 0 aliphatic carbocycles. The van der Waals surface area contributed by atoms with Gasteiger partial charge in [-0.1, -0.05) is 17.7 Å². The van der Waals surface area contributed by atoms with E-state index >= 15 is 0 Å². The number of ether oxygens (including phenoxy) is 1. The summed E-state index contributed by atoms with van der Waals surface area (Å²) in [5, 5.41) is 5.81. The summed E-state index contributed by atoms with van der Waals surface area (Å²) in [6.07, 6.45) is 1.79. The van der Waals surface area contributed by atoms with Crippen LogP contribution in [0, 0.1) is 6.92 Å². The van der Waals surface area contributed by atoms with E-state index in [9.17, 15) is 4.79 Å². The third-order valence-electron chi connectivity index (χ3n) is 4.44. The number of anilines is 2. The zero-order valence-electron chi connectivity index (χ0n) is 15.3. The van der Waals surface area contributed by atoms with Gasteiger partial charge in [-0.3, -0.25) is 4.79 Å². The van der Waals surface area contributed by atoms with Crippen molar-refractivity contribution in [3.05, 3.63) is 58.2 Å². The third-order valence-corrected chi connectivity index (χ3v) is 5.66. The Balaban J connectivity index is 1.47. The van der Waals surface area contributed by atoms with E-state index in [1.54, 1.807) is 17.6 Å². The van der Waals surface area contributed by atoms with Crippen molar-refractivity contribution in [2.24, 2.45) is 0 Å². The third kappa shape index (κ3) is 4.16. The van der Waals surface area contributed by atoms with Gasteiger partial charge in [0.2, 0.25) is 0 Å². The van der Waals surface area contributed by atoms with Crippen molar-refractivity contribution in [2.75, 3.05) is 36.5 Å². The first-order valence-electron chi connectivity index (χ1n) is 8.92. The van der Waals surface area contributed by atoms with Gasteiger partial charge >= 0.3 is 0 Å². The van der Waals surface area contributed by atoms with E-state index in [0.29, 0.717) is 16.4 Å². The Morgan fingerprint density at radius 1 is 1.25 bits per heavy atom. The summed E-state index contributed by atoms with van der Waals surface area (Å²) in [4.78, 5) is 23.7. The van der Waals surface area contributed by atoms with Gasteiger partial charge in [-0.25, -0.2) is 9.97 Å². The van der Waals surface area contributed by atoms with Crippen molar-refractivity contribution in [3.63, 3.8) is 0 Å². The highest BCUT2D eigenvalue weighted by Gasteiger charge is 2.15. The first kappa shape index (κ1) is 18.9. The van der Waals surface area contributed by atoms with E-state index in [1.807, 2.05) is 31.2 Å². The van der Waals surface area contributed by atoms with Crippen LogP contribution in [0.1, 0.15) is 16.1 Å². The lowest BCUT2D eigenvalue weighted by atomic mass is 10.2. The molecule has 3 aromatic rings. The zero-order chi connectivity index (χ0) is 19.5. The molecular formula is C20H19ClN4O2S. The molecule has 1 N–H and O–H groups in total. The number of thiazole rings is 1. The average molecular weight is 415 g/mol. The highest BCUT2D eigenvalue weighted by atomic mass is 35.5. The number of halogens is 1. The highest BCUT2D eigenvalue weighted by Crippen LogP contribution is 2.27. The van der Waals surface area contributed by atoms with E-state index in [-0.39, 0.29) is 5.91 Å². The van der Waals surface area contributed by atoms with E-state index < -0.39 is 0 Å². The molecule has 28 heavy (non-hydrogen) atoms. The summed E-state index contributed by atoms with van der Waals surface area (Å²) in [6, 6.07) is 9.46. The summed E-state index contributed by atoms with van der Waals surface area (Å²) in [5.74, 6) is 0.642.